The van der Waals surface area contributed by atoms with Crippen molar-refractivity contribution in [1.29, 1.82) is 0 Å². The summed E-state index contributed by atoms with van der Waals surface area (Å²) in [6, 6.07) is 1.48. The van der Waals surface area contributed by atoms with Crippen molar-refractivity contribution in [3.05, 3.63) is 23.2 Å². The molecule has 0 bridgehead atoms. The molecule has 0 aliphatic carbocycles. The number of hydrogen-bond donors (Lipinski definition) is 1. The highest BCUT2D eigenvalue weighted by molar-refractivity contribution is 5.95. The van der Waals surface area contributed by atoms with Gasteiger partial charge in [0, 0.05) is 0 Å². The Morgan fingerprint density at radius 3 is 2.54 bits per heavy atom. The predicted molar refractivity (Wildman–Crippen MR) is 44.8 cm³/mol. The second-order valence-electron chi connectivity index (χ2n) is 2.81. The quantitative estimate of drug-likeness (QED) is 0.718. The standard InChI is InChI=1S/C9H10O4/c1-5(10)8-3-7(4-9(11)12)13-6(8)2/h3H,4H2,1-2H3,(H,11,12). The van der Waals surface area contributed by atoms with E-state index < -0.39 is 5.97 Å². The van der Waals surface area contributed by atoms with Crippen LogP contribution in [0.25, 0.3) is 0 Å². The molecule has 0 amide bonds. The highest BCUT2D eigenvalue weighted by Gasteiger charge is 2.12. The Kier molecular flexibility index (Phi) is 2.51. The highest BCUT2D eigenvalue weighted by Crippen LogP contribution is 2.15. The van der Waals surface area contributed by atoms with Crippen molar-refractivity contribution in [1.82, 2.24) is 0 Å². The number of ketones is 1. The molecule has 0 unspecified atom stereocenters. The summed E-state index contributed by atoms with van der Waals surface area (Å²) >= 11 is 0. The smallest absolute Gasteiger partial charge is 0.311 e. The van der Waals surface area contributed by atoms with E-state index in [2.05, 4.69) is 0 Å². The van der Waals surface area contributed by atoms with E-state index >= 15 is 0 Å². The third-order valence-corrected chi connectivity index (χ3v) is 1.67. The zero-order chi connectivity index (χ0) is 10.0. The maximum absolute atomic E-state index is 11.0. The maximum Gasteiger partial charge on any atom is 0.311 e. The van der Waals surface area contributed by atoms with Gasteiger partial charge in [-0.1, -0.05) is 0 Å². The molecule has 1 aromatic rings. The lowest BCUT2D eigenvalue weighted by Crippen LogP contribution is -1.98. The van der Waals surface area contributed by atoms with Gasteiger partial charge in [-0.3, -0.25) is 9.59 Å². The molecule has 0 atom stereocenters. The van der Waals surface area contributed by atoms with E-state index in [4.69, 9.17) is 9.52 Å². The highest BCUT2D eigenvalue weighted by atomic mass is 16.4. The van der Waals surface area contributed by atoms with Gasteiger partial charge in [0.1, 0.15) is 17.9 Å². The van der Waals surface area contributed by atoms with E-state index in [0.29, 0.717) is 17.1 Å². The molecule has 0 aliphatic rings. The van der Waals surface area contributed by atoms with E-state index in [1.165, 1.54) is 13.0 Å². The van der Waals surface area contributed by atoms with E-state index in [-0.39, 0.29) is 12.2 Å². The van der Waals surface area contributed by atoms with Crippen molar-refractivity contribution in [2.75, 3.05) is 0 Å². The van der Waals surface area contributed by atoms with Crippen LogP contribution in [0.15, 0.2) is 10.5 Å². The summed E-state index contributed by atoms with van der Waals surface area (Å²) in [6.45, 7) is 3.06. The minimum absolute atomic E-state index is 0.113. The number of aliphatic carboxylic acids is 1. The van der Waals surface area contributed by atoms with Gasteiger partial charge in [0.2, 0.25) is 0 Å². The van der Waals surface area contributed by atoms with Gasteiger partial charge >= 0.3 is 5.97 Å². The Hall–Kier alpha value is -1.58. The third-order valence-electron chi connectivity index (χ3n) is 1.67. The molecule has 1 rings (SSSR count). The fourth-order valence-corrected chi connectivity index (χ4v) is 1.13. The van der Waals surface area contributed by atoms with Crippen LogP contribution in [0.1, 0.15) is 28.8 Å². The molecule has 0 saturated carbocycles. The molecule has 0 aromatic carbocycles. The zero-order valence-corrected chi connectivity index (χ0v) is 7.46. The number of aryl methyl sites for hydroxylation is 1. The summed E-state index contributed by atoms with van der Waals surface area (Å²) in [4.78, 5) is 21.3. The van der Waals surface area contributed by atoms with Crippen molar-refractivity contribution in [2.45, 2.75) is 20.3 Å². The number of hydrogen-bond acceptors (Lipinski definition) is 3. The maximum atomic E-state index is 11.0. The molecular weight excluding hydrogens is 172 g/mol. The number of carboxylic acid groups (broad SMARTS) is 1. The van der Waals surface area contributed by atoms with Crippen molar-refractivity contribution < 1.29 is 19.1 Å². The molecular formula is C9H10O4. The van der Waals surface area contributed by atoms with Crippen LogP contribution in [-0.2, 0) is 11.2 Å². The lowest BCUT2D eigenvalue weighted by molar-refractivity contribution is -0.136. The topological polar surface area (TPSA) is 67.5 Å². The Labute approximate surface area is 75.2 Å². The second kappa shape index (κ2) is 3.43. The fourth-order valence-electron chi connectivity index (χ4n) is 1.13. The van der Waals surface area contributed by atoms with Crippen LogP contribution in [0, 0.1) is 6.92 Å². The molecule has 70 valence electrons. The average Bonchev–Trinajstić information content (AvgIpc) is 2.29. The van der Waals surface area contributed by atoms with Gasteiger partial charge < -0.3 is 9.52 Å². The van der Waals surface area contributed by atoms with Crippen molar-refractivity contribution >= 4 is 11.8 Å². The third kappa shape index (κ3) is 2.18. The summed E-state index contributed by atoms with van der Waals surface area (Å²) in [5.74, 6) is -0.291. The largest absolute Gasteiger partial charge is 0.481 e. The lowest BCUT2D eigenvalue weighted by atomic mass is 10.2. The number of Topliss-reactive ketones (excluding diaryl/α,β-unsaturated/α-hetero) is 1. The van der Waals surface area contributed by atoms with Crippen LogP contribution in [0.2, 0.25) is 0 Å². The minimum atomic E-state index is -0.969. The van der Waals surface area contributed by atoms with Crippen LogP contribution >= 0.6 is 0 Å². The van der Waals surface area contributed by atoms with E-state index in [1.807, 2.05) is 0 Å². The van der Waals surface area contributed by atoms with Gasteiger partial charge in [0.15, 0.2) is 5.78 Å². The molecule has 13 heavy (non-hydrogen) atoms. The first-order valence-corrected chi connectivity index (χ1v) is 3.82. The van der Waals surface area contributed by atoms with E-state index in [0.717, 1.165) is 0 Å². The first kappa shape index (κ1) is 9.51. The van der Waals surface area contributed by atoms with Crippen molar-refractivity contribution in [3.63, 3.8) is 0 Å². The Morgan fingerprint density at radius 2 is 2.15 bits per heavy atom. The zero-order valence-electron chi connectivity index (χ0n) is 7.46. The summed E-state index contributed by atoms with van der Waals surface area (Å²) < 4.78 is 5.09. The molecule has 0 spiro atoms. The van der Waals surface area contributed by atoms with Gasteiger partial charge in [0.25, 0.3) is 0 Å². The van der Waals surface area contributed by atoms with Crippen LogP contribution in [0.5, 0.6) is 0 Å². The molecule has 0 saturated heterocycles. The Morgan fingerprint density at radius 1 is 1.54 bits per heavy atom. The molecule has 0 fully saturated rings. The fraction of sp³-hybridized carbons (Fsp3) is 0.333. The summed E-state index contributed by atoms with van der Waals surface area (Å²) in [7, 11) is 0. The number of rotatable bonds is 3. The summed E-state index contributed by atoms with van der Waals surface area (Å²) in [5.41, 5.74) is 0.455. The number of carboxylic acids is 1. The van der Waals surface area contributed by atoms with Gasteiger partial charge in [-0.2, -0.15) is 0 Å². The van der Waals surface area contributed by atoms with Crippen LogP contribution in [0.3, 0.4) is 0 Å². The van der Waals surface area contributed by atoms with E-state index in [9.17, 15) is 9.59 Å². The molecule has 1 aromatic heterocycles. The monoisotopic (exact) mass is 182 g/mol. The van der Waals surface area contributed by atoms with Crippen LogP contribution in [-0.4, -0.2) is 16.9 Å². The minimum Gasteiger partial charge on any atom is -0.481 e. The van der Waals surface area contributed by atoms with E-state index in [1.54, 1.807) is 6.92 Å². The average molecular weight is 182 g/mol. The lowest BCUT2D eigenvalue weighted by Gasteiger charge is -1.87. The Balaban J connectivity index is 2.95. The molecule has 4 heteroatoms. The first-order chi connectivity index (χ1) is 6.00. The van der Waals surface area contributed by atoms with Gasteiger partial charge in [-0.15, -0.1) is 0 Å². The molecule has 0 aliphatic heterocycles. The number of carbonyl (C=O) groups is 2. The predicted octanol–water partition coefficient (Wildman–Crippen LogP) is 1.42. The number of carbonyl (C=O) groups excluding carboxylic acids is 1. The summed E-state index contributed by atoms with van der Waals surface area (Å²) in [6.07, 6.45) is -0.186. The summed E-state index contributed by atoms with van der Waals surface area (Å²) in [5, 5.41) is 8.46. The molecule has 0 radical (unpaired) electrons. The SMILES string of the molecule is CC(=O)c1cc(CC(=O)O)oc1C. The molecule has 4 nitrogen and oxygen atoms in total. The first-order valence-electron chi connectivity index (χ1n) is 3.82. The van der Waals surface area contributed by atoms with Crippen molar-refractivity contribution in [3.8, 4) is 0 Å². The van der Waals surface area contributed by atoms with Gasteiger partial charge in [0.05, 0.1) is 5.56 Å². The Bertz CT molecular complexity index is 348. The normalized spacial score (nSPS) is 10.0. The molecule has 1 N–H and O–H groups in total. The second-order valence-corrected chi connectivity index (χ2v) is 2.81. The van der Waals surface area contributed by atoms with Crippen LogP contribution < -0.4 is 0 Å². The van der Waals surface area contributed by atoms with Gasteiger partial charge in [-0.25, -0.2) is 0 Å². The van der Waals surface area contributed by atoms with Gasteiger partial charge in [-0.05, 0) is 19.9 Å². The molecule has 1 heterocycles. The van der Waals surface area contributed by atoms with Crippen molar-refractivity contribution in [2.24, 2.45) is 0 Å². The number of furan rings is 1. The van der Waals surface area contributed by atoms with Crippen LogP contribution in [0.4, 0.5) is 0 Å².